The third-order valence-electron chi connectivity index (χ3n) is 2.94. The van der Waals surface area contributed by atoms with E-state index in [2.05, 4.69) is 15.9 Å². The molecule has 0 aliphatic heterocycles. The van der Waals surface area contributed by atoms with Gasteiger partial charge in [0.2, 0.25) is 0 Å². The van der Waals surface area contributed by atoms with Crippen molar-refractivity contribution in [2.24, 2.45) is 0 Å². The lowest BCUT2D eigenvalue weighted by molar-refractivity contribution is 0.214. The first-order valence-corrected chi connectivity index (χ1v) is 6.59. The number of rotatable bonds is 3. The van der Waals surface area contributed by atoms with Crippen LogP contribution in [0.4, 0.5) is 4.39 Å². The molecule has 0 aliphatic rings. The van der Waals surface area contributed by atoms with Gasteiger partial charge < -0.3 is 9.84 Å². The molecule has 2 nitrogen and oxygen atoms in total. The molecule has 0 amide bonds. The summed E-state index contributed by atoms with van der Waals surface area (Å²) in [6.07, 6.45) is -0.871. The van der Waals surface area contributed by atoms with Gasteiger partial charge in [-0.2, -0.15) is 0 Å². The van der Waals surface area contributed by atoms with E-state index in [1.165, 1.54) is 12.1 Å². The van der Waals surface area contributed by atoms with Crippen LogP contribution in [0, 0.1) is 12.7 Å². The molecular formula is C15H14BrFO2. The van der Waals surface area contributed by atoms with Gasteiger partial charge in [0.1, 0.15) is 17.7 Å². The van der Waals surface area contributed by atoms with Gasteiger partial charge in [0, 0.05) is 10.0 Å². The summed E-state index contributed by atoms with van der Waals surface area (Å²) in [5, 5.41) is 10.5. The Morgan fingerprint density at radius 3 is 2.53 bits per heavy atom. The predicted octanol–water partition coefficient (Wildman–Crippen LogP) is 3.99. The molecule has 0 heterocycles. The van der Waals surface area contributed by atoms with Gasteiger partial charge in [0.25, 0.3) is 0 Å². The Hall–Kier alpha value is -1.39. The number of ether oxygens (including phenoxy) is 1. The molecule has 0 radical (unpaired) electrons. The van der Waals surface area contributed by atoms with Gasteiger partial charge in [0.05, 0.1) is 7.11 Å². The van der Waals surface area contributed by atoms with Crippen LogP contribution in [0.5, 0.6) is 5.75 Å². The first-order valence-electron chi connectivity index (χ1n) is 5.80. The standard InChI is InChI=1S/C15H14BrFO2/c1-9-3-6-14(19-2)12(7-9)15(18)11-5-4-10(17)8-13(11)16/h3-8,15,18H,1-2H3. The molecular weight excluding hydrogens is 311 g/mol. The highest BCUT2D eigenvalue weighted by Crippen LogP contribution is 2.34. The van der Waals surface area contributed by atoms with Crippen molar-refractivity contribution in [3.8, 4) is 5.75 Å². The maximum Gasteiger partial charge on any atom is 0.125 e. The van der Waals surface area contributed by atoms with Crippen LogP contribution in [0.25, 0.3) is 0 Å². The van der Waals surface area contributed by atoms with Gasteiger partial charge in [-0.1, -0.05) is 33.6 Å². The van der Waals surface area contributed by atoms with Crippen LogP contribution in [-0.4, -0.2) is 12.2 Å². The lowest BCUT2D eigenvalue weighted by Gasteiger charge is -2.17. The quantitative estimate of drug-likeness (QED) is 0.925. The molecule has 0 saturated heterocycles. The largest absolute Gasteiger partial charge is 0.496 e. The van der Waals surface area contributed by atoms with Crippen molar-refractivity contribution in [2.45, 2.75) is 13.0 Å². The summed E-state index contributed by atoms with van der Waals surface area (Å²) in [7, 11) is 1.56. The molecule has 19 heavy (non-hydrogen) atoms. The first kappa shape index (κ1) is 14.0. The summed E-state index contributed by atoms with van der Waals surface area (Å²) in [5.41, 5.74) is 2.29. The van der Waals surface area contributed by atoms with Gasteiger partial charge in [0.15, 0.2) is 0 Å². The molecule has 2 rings (SSSR count). The van der Waals surface area contributed by atoms with Crippen molar-refractivity contribution in [2.75, 3.05) is 7.11 Å². The molecule has 0 aromatic heterocycles. The highest BCUT2D eigenvalue weighted by atomic mass is 79.9. The summed E-state index contributed by atoms with van der Waals surface area (Å²) < 4.78 is 18.9. The molecule has 2 aromatic carbocycles. The lowest BCUT2D eigenvalue weighted by Crippen LogP contribution is -2.04. The minimum atomic E-state index is -0.871. The summed E-state index contributed by atoms with van der Waals surface area (Å²) in [6.45, 7) is 1.94. The minimum Gasteiger partial charge on any atom is -0.496 e. The third-order valence-corrected chi connectivity index (χ3v) is 3.62. The minimum absolute atomic E-state index is 0.348. The molecule has 0 saturated carbocycles. The molecule has 1 atom stereocenters. The summed E-state index contributed by atoms with van der Waals surface area (Å²) in [5.74, 6) is 0.258. The van der Waals surface area contributed by atoms with Crippen LogP contribution in [0.2, 0.25) is 0 Å². The van der Waals surface area contributed by atoms with E-state index >= 15 is 0 Å². The summed E-state index contributed by atoms with van der Waals surface area (Å²) in [6, 6.07) is 9.80. The Bertz CT molecular complexity index is 599. The Labute approximate surface area is 120 Å². The lowest BCUT2D eigenvalue weighted by atomic mass is 9.99. The highest BCUT2D eigenvalue weighted by Gasteiger charge is 2.18. The fourth-order valence-electron chi connectivity index (χ4n) is 1.96. The number of halogens is 2. The SMILES string of the molecule is COc1ccc(C)cc1C(O)c1ccc(F)cc1Br. The number of aryl methyl sites for hydroxylation is 1. The summed E-state index contributed by atoms with van der Waals surface area (Å²) >= 11 is 3.27. The third kappa shape index (κ3) is 2.96. The Balaban J connectivity index is 2.49. The number of aliphatic hydroxyl groups is 1. The first-order chi connectivity index (χ1) is 9.02. The second-order valence-electron chi connectivity index (χ2n) is 4.31. The van der Waals surface area contributed by atoms with E-state index in [4.69, 9.17) is 4.74 Å². The Morgan fingerprint density at radius 2 is 1.89 bits per heavy atom. The molecule has 0 spiro atoms. The van der Waals surface area contributed by atoms with Crippen molar-refractivity contribution in [1.82, 2.24) is 0 Å². The molecule has 100 valence electrons. The van der Waals surface area contributed by atoms with Crippen LogP contribution in [0.15, 0.2) is 40.9 Å². The second-order valence-corrected chi connectivity index (χ2v) is 5.17. The van der Waals surface area contributed by atoms with E-state index in [1.54, 1.807) is 13.2 Å². The second kappa shape index (κ2) is 5.72. The van der Waals surface area contributed by atoms with Crippen molar-refractivity contribution in [1.29, 1.82) is 0 Å². The fourth-order valence-corrected chi connectivity index (χ4v) is 2.53. The molecule has 0 fully saturated rings. The smallest absolute Gasteiger partial charge is 0.125 e. The van der Waals surface area contributed by atoms with Gasteiger partial charge in [-0.3, -0.25) is 0 Å². The number of benzene rings is 2. The molecule has 4 heteroatoms. The van der Waals surface area contributed by atoms with Crippen LogP contribution in [-0.2, 0) is 0 Å². The van der Waals surface area contributed by atoms with Crippen molar-refractivity contribution >= 4 is 15.9 Å². The maximum absolute atomic E-state index is 13.1. The van der Waals surface area contributed by atoms with Crippen LogP contribution >= 0.6 is 15.9 Å². The monoisotopic (exact) mass is 324 g/mol. The molecule has 2 aromatic rings. The normalized spacial score (nSPS) is 12.3. The van der Waals surface area contributed by atoms with Crippen LogP contribution < -0.4 is 4.74 Å². The van der Waals surface area contributed by atoms with Gasteiger partial charge in [-0.25, -0.2) is 4.39 Å². The van der Waals surface area contributed by atoms with Gasteiger partial charge >= 0.3 is 0 Å². The molecule has 1 unspecified atom stereocenters. The number of hydrogen-bond donors (Lipinski definition) is 1. The van der Waals surface area contributed by atoms with Gasteiger partial charge in [-0.15, -0.1) is 0 Å². The summed E-state index contributed by atoms with van der Waals surface area (Å²) in [4.78, 5) is 0. The Kier molecular flexibility index (Phi) is 4.22. The molecule has 0 aliphatic carbocycles. The zero-order valence-electron chi connectivity index (χ0n) is 10.7. The van der Waals surface area contributed by atoms with E-state index in [1.807, 2.05) is 25.1 Å². The molecule has 0 bridgehead atoms. The maximum atomic E-state index is 13.1. The average molecular weight is 325 g/mol. The number of aliphatic hydroxyl groups excluding tert-OH is 1. The number of methoxy groups -OCH3 is 1. The van der Waals surface area contributed by atoms with E-state index in [9.17, 15) is 9.50 Å². The van der Waals surface area contributed by atoms with E-state index in [0.717, 1.165) is 5.56 Å². The topological polar surface area (TPSA) is 29.5 Å². The highest BCUT2D eigenvalue weighted by molar-refractivity contribution is 9.10. The Morgan fingerprint density at radius 1 is 1.16 bits per heavy atom. The van der Waals surface area contributed by atoms with Crippen molar-refractivity contribution in [3.63, 3.8) is 0 Å². The van der Waals surface area contributed by atoms with Crippen LogP contribution in [0.3, 0.4) is 0 Å². The van der Waals surface area contributed by atoms with Crippen LogP contribution in [0.1, 0.15) is 22.8 Å². The predicted molar refractivity (Wildman–Crippen MR) is 75.9 cm³/mol. The van der Waals surface area contributed by atoms with E-state index in [-0.39, 0.29) is 5.82 Å². The zero-order valence-corrected chi connectivity index (χ0v) is 12.2. The number of hydrogen-bond acceptors (Lipinski definition) is 2. The van der Waals surface area contributed by atoms with E-state index in [0.29, 0.717) is 21.3 Å². The van der Waals surface area contributed by atoms with Crippen molar-refractivity contribution < 1.29 is 14.2 Å². The van der Waals surface area contributed by atoms with Gasteiger partial charge in [-0.05, 0) is 36.8 Å². The van der Waals surface area contributed by atoms with E-state index < -0.39 is 6.10 Å². The van der Waals surface area contributed by atoms with Crippen molar-refractivity contribution in [3.05, 3.63) is 63.4 Å². The zero-order chi connectivity index (χ0) is 14.0. The fraction of sp³-hybridized carbons (Fsp3) is 0.200. The average Bonchev–Trinajstić information content (AvgIpc) is 2.38. The molecule has 1 N–H and O–H groups in total.